The van der Waals surface area contributed by atoms with Gasteiger partial charge in [-0.25, -0.2) is 35.1 Å². The van der Waals surface area contributed by atoms with Crippen molar-refractivity contribution in [3.05, 3.63) is 119 Å². The lowest BCUT2D eigenvalue weighted by Crippen LogP contribution is -2.25. The van der Waals surface area contributed by atoms with Crippen LogP contribution in [0.25, 0.3) is 22.3 Å². The van der Waals surface area contributed by atoms with Crippen molar-refractivity contribution in [1.29, 1.82) is 0 Å². The molecule has 0 atom stereocenters. The molecule has 0 fully saturated rings. The van der Waals surface area contributed by atoms with Crippen molar-refractivity contribution in [3.63, 3.8) is 0 Å². The number of rotatable bonds is 11. The summed E-state index contributed by atoms with van der Waals surface area (Å²) in [7, 11) is 0. The second-order valence-electron chi connectivity index (χ2n) is 9.88. The minimum Gasteiger partial charge on any atom is -0.453 e. The van der Waals surface area contributed by atoms with Crippen LogP contribution in [-0.2, 0) is 12.5 Å². The molecular formula is C32H20F12O2. The molecule has 0 heterocycles. The van der Waals surface area contributed by atoms with Crippen LogP contribution in [0.3, 0.4) is 0 Å². The average Bonchev–Trinajstić information content (AvgIpc) is 2.91. The van der Waals surface area contributed by atoms with Gasteiger partial charge >= 0.3 is 12.2 Å². The second-order valence-corrected chi connectivity index (χ2v) is 9.88. The molecule has 0 unspecified atom stereocenters. The SMILES string of the molecule is CCCCCc1cc(F)c(-c2cc(F)c(C(F)(F)Oc3cc(F)c(-c4cc(F)c(OC=C(F)F)c(F)c4)c(F)c3)c(F)c2)c(F)c1. The lowest BCUT2D eigenvalue weighted by molar-refractivity contribution is -0.189. The third kappa shape index (κ3) is 7.43. The van der Waals surface area contributed by atoms with Gasteiger partial charge in [0.25, 0.3) is 0 Å². The van der Waals surface area contributed by atoms with Gasteiger partial charge in [-0.3, -0.25) is 0 Å². The molecule has 0 spiro atoms. The lowest BCUT2D eigenvalue weighted by Gasteiger charge is -2.21. The number of unbranched alkanes of at least 4 members (excludes halogenated alkanes) is 2. The molecule has 2 nitrogen and oxygen atoms in total. The van der Waals surface area contributed by atoms with E-state index in [1.54, 1.807) is 0 Å². The first-order chi connectivity index (χ1) is 21.6. The van der Waals surface area contributed by atoms with Gasteiger partial charge in [0, 0.05) is 12.1 Å². The summed E-state index contributed by atoms with van der Waals surface area (Å²) in [4.78, 5) is 0. The van der Waals surface area contributed by atoms with Crippen molar-refractivity contribution >= 4 is 0 Å². The maximum atomic E-state index is 15.0. The van der Waals surface area contributed by atoms with E-state index in [1.165, 1.54) is 0 Å². The van der Waals surface area contributed by atoms with Crippen LogP contribution >= 0.6 is 0 Å². The Labute approximate surface area is 253 Å². The van der Waals surface area contributed by atoms with Gasteiger partial charge in [0.2, 0.25) is 0 Å². The van der Waals surface area contributed by atoms with Crippen LogP contribution in [0.15, 0.2) is 60.9 Å². The molecule has 0 aromatic heterocycles. The maximum Gasteiger partial charge on any atom is 0.432 e. The summed E-state index contributed by atoms with van der Waals surface area (Å²) in [6.45, 7) is 1.92. The average molecular weight is 664 g/mol. The van der Waals surface area contributed by atoms with Gasteiger partial charge in [0.05, 0.1) is 11.1 Å². The van der Waals surface area contributed by atoms with Gasteiger partial charge in [-0.1, -0.05) is 19.8 Å². The molecule has 0 aliphatic rings. The molecule has 0 aliphatic carbocycles. The first-order valence-electron chi connectivity index (χ1n) is 13.3. The quantitative estimate of drug-likeness (QED) is 0.0903. The van der Waals surface area contributed by atoms with Gasteiger partial charge in [0.15, 0.2) is 23.6 Å². The largest absolute Gasteiger partial charge is 0.453 e. The van der Waals surface area contributed by atoms with Crippen molar-refractivity contribution in [2.75, 3.05) is 0 Å². The van der Waals surface area contributed by atoms with Crippen LogP contribution in [0.5, 0.6) is 11.5 Å². The summed E-state index contributed by atoms with van der Waals surface area (Å²) in [5.41, 5.74) is -5.44. The Hall–Kier alpha value is -4.62. The van der Waals surface area contributed by atoms with Crippen LogP contribution in [-0.4, -0.2) is 0 Å². The Bertz CT molecular complexity index is 1710. The van der Waals surface area contributed by atoms with E-state index in [0.29, 0.717) is 25.0 Å². The molecule has 4 rings (SSSR count). The smallest absolute Gasteiger partial charge is 0.432 e. The Kier molecular flexibility index (Phi) is 10.3. The Morgan fingerprint density at radius 1 is 0.630 bits per heavy atom. The van der Waals surface area contributed by atoms with Crippen LogP contribution in [0.4, 0.5) is 52.7 Å². The zero-order valence-electron chi connectivity index (χ0n) is 23.4. The van der Waals surface area contributed by atoms with Gasteiger partial charge in [-0.05, 0) is 65.9 Å². The minimum atomic E-state index is -4.95. The molecule has 0 aliphatic heterocycles. The zero-order valence-corrected chi connectivity index (χ0v) is 23.4. The number of aryl methyl sites for hydroxylation is 1. The summed E-state index contributed by atoms with van der Waals surface area (Å²) in [6.07, 6.45) is -5.11. The molecule has 0 radical (unpaired) electrons. The maximum absolute atomic E-state index is 15.0. The van der Waals surface area contributed by atoms with E-state index < -0.39 is 98.0 Å². The third-order valence-electron chi connectivity index (χ3n) is 6.61. The normalized spacial score (nSPS) is 11.5. The summed E-state index contributed by atoms with van der Waals surface area (Å²) < 4.78 is 180. The van der Waals surface area contributed by atoms with E-state index in [9.17, 15) is 52.7 Å². The van der Waals surface area contributed by atoms with Crippen LogP contribution < -0.4 is 9.47 Å². The monoisotopic (exact) mass is 664 g/mol. The summed E-state index contributed by atoms with van der Waals surface area (Å²) in [6, 6.07) is 3.21. The predicted molar refractivity (Wildman–Crippen MR) is 142 cm³/mol. The first kappa shape index (κ1) is 34.3. The molecule has 4 aromatic carbocycles. The van der Waals surface area contributed by atoms with Crippen LogP contribution in [0.1, 0.15) is 37.3 Å². The predicted octanol–water partition coefficient (Wildman–Crippen LogP) is 11.1. The van der Waals surface area contributed by atoms with Crippen molar-refractivity contribution in [3.8, 4) is 33.8 Å². The van der Waals surface area contributed by atoms with E-state index >= 15 is 0 Å². The molecule has 46 heavy (non-hydrogen) atoms. The Morgan fingerprint density at radius 2 is 1.09 bits per heavy atom. The van der Waals surface area contributed by atoms with Gasteiger partial charge in [0.1, 0.15) is 46.2 Å². The minimum absolute atomic E-state index is 0.116. The highest BCUT2D eigenvalue weighted by Crippen LogP contribution is 2.40. The van der Waals surface area contributed by atoms with E-state index in [2.05, 4.69) is 9.47 Å². The van der Waals surface area contributed by atoms with Gasteiger partial charge in [-0.15, -0.1) is 0 Å². The van der Waals surface area contributed by atoms with Gasteiger partial charge in [-0.2, -0.15) is 17.6 Å². The summed E-state index contributed by atoms with van der Waals surface area (Å²) in [5, 5.41) is 0. The van der Waals surface area contributed by atoms with Crippen molar-refractivity contribution in [2.45, 2.75) is 38.7 Å². The molecule has 0 N–H and O–H groups in total. The zero-order chi connectivity index (χ0) is 33.9. The fourth-order valence-corrected chi connectivity index (χ4v) is 4.62. The van der Waals surface area contributed by atoms with Crippen molar-refractivity contribution in [2.24, 2.45) is 0 Å². The van der Waals surface area contributed by atoms with Crippen molar-refractivity contribution < 1.29 is 62.2 Å². The standard InChI is InChI=1S/C32H20F12O2/c1-2-3-4-5-15-6-19(33)28(20(34)7-15)16-8-23(37)30(24(38)9-16)32(43,44)46-18-12-21(35)29(22(36)13-18)17-10-25(39)31(26(40)11-17)45-14-27(41)42/h6-14H,2-5H2,1H3. The Balaban J connectivity index is 1.63. The molecular weight excluding hydrogens is 644 g/mol. The van der Waals surface area contributed by atoms with Gasteiger partial charge < -0.3 is 9.47 Å². The molecule has 0 amide bonds. The number of hydrogen-bond acceptors (Lipinski definition) is 2. The fourth-order valence-electron chi connectivity index (χ4n) is 4.62. The summed E-state index contributed by atoms with van der Waals surface area (Å²) in [5.74, 6) is -15.9. The number of ether oxygens (including phenoxy) is 2. The second kappa shape index (κ2) is 13.8. The Morgan fingerprint density at radius 3 is 1.54 bits per heavy atom. The number of halogens is 12. The van der Waals surface area contributed by atoms with E-state index in [4.69, 9.17) is 0 Å². The van der Waals surface area contributed by atoms with E-state index in [-0.39, 0.29) is 36.1 Å². The van der Waals surface area contributed by atoms with Crippen molar-refractivity contribution in [1.82, 2.24) is 0 Å². The number of alkyl halides is 2. The summed E-state index contributed by atoms with van der Waals surface area (Å²) >= 11 is 0. The van der Waals surface area contributed by atoms with Crippen LogP contribution in [0, 0.1) is 46.5 Å². The van der Waals surface area contributed by atoms with E-state index in [1.807, 2.05) is 6.92 Å². The third-order valence-corrected chi connectivity index (χ3v) is 6.61. The molecule has 0 saturated heterocycles. The van der Waals surface area contributed by atoms with Crippen LogP contribution in [0.2, 0.25) is 0 Å². The highest BCUT2D eigenvalue weighted by Gasteiger charge is 2.42. The fraction of sp³-hybridized carbons (Fsp3) is 0.188. The first-order valence-corrected chi connectivity index (χ1v) is 13.3. The molecule has 0 bridgehead atoms. The number of hydrogen-bond donors (Lipinski definition) is 0. The number of benzene rings is 4. The molecule has 244 valence electrons. The topological polar surface area (TPSA) is 18.5 Å². The molecule has 14 heteroatoms. The molecule has 4 aromatic rings. The highest BCUT2D eigenvalue weighted by molar-refractivity contribution is 5.68. The lowest BCUT2D eigenvalue weighted by atomic mass is 9.98. The highest BCUT2D eigenvalue weighted by atomic mass is 19.3. The molecule has 0 saturated carbocycles. The van der Waals surface area contributed by atoms with E-state index in [0.717, 1.165) is 25.0 Å².